The third-order valence-corrected chi connectivity index (χ3v) is 17.7. The van der Waals surface area contributed by atoms with Crippen LogP contribution < -0.4 is 37.7 Å². The quantitative estimate of drug-likeness (QED) is 0.138. The zero-order valence-corrected chi connectivity index (χ0v) is 38.7. The van der Waals surface area contributed by atoms with Gasteiger partial charge in [0.05, 0.1) is 5.52 Å². The molecule has 1 aromatic heterocycles. The summed E-state index contributed by atoms with van der Waals surface area (Å²) in [7, 11) is 0. The Kier molecular flexibility index (Phi) is 7.46. The molecule has 0 radical (unpaired) electrons. The molecule has 0 N–H and O–H groups in total. The minimum atomic E-state index is -0.0284. The van der Waals surface area contributed by atoms with Crippen LogP contribution in [0.2, 0.25) is 0 Å². The number of hydrogen-bond donors (Lipinski definition) is 0. The fraction of sp³-hybridized carbons (Fsp3) is 0.0909. The summed E-state index contributed by atoms with van der Waals surface area (Å²) in [6.07, 6.45) is 4.86. The standard InChI is InChI=1S/C66H44B2N2/c1-5-23-43-39(19-1)41-21-3-7-25-45(41)49-31-17-37-57-61(49)67(53-33-13-9-27-47(43)53)63-59-51-29-11-16-36-56(51)70-58-38-18-32-50-46-26-8-4-22-42(46)40-20-2-6-24-44(40)48-28-10-14-34-54(48)68(62(50)58)64(66(59)70)60-52-30-12-15-35-55(52)69(57)65(60)63/h1-11,13-14,16-29,31-34,36-38,52,55H,12,15,30,35H2. The second kappa shape index (κ2) is 13.8. The van der Waals surface area contributed by atoms with Crippen LogP contribution in [0.15, 0.2) is 206 Å². The zero-order chi connectivity index (χ0) is 45.3. The highest BCUT2D eigenvalue weighted by Gasteiger charge is 2.54. The summed E-state index contributed by atoms with van der Waals surface area (Å²) in [6, 6.07) is 80.1. The van der Waals surface area contributed by atoms with E-state index in [-0.39, 0.29) is 13.4 Å². The maximum atomic E-state index is 2.94. The van der Waals surface area contributed by atoms with E-state index in [2.05, 4.69) is 216 Å². The van der Waals surface area contributed by atoms with Gasteiger partial charge in [-0.2, -0.15) is 0 Å². The van der Waals surface area contributed by atoms with Crippen molar-refractivity contribution in [2.24, 2.45) is 0 Å². The van der Waals surface area contributed by atoms with E-state index in [0.717, 1.165) is 0 Å². The topological polar surface area (TPSA) is 8.17 Å². The lowest BCUT2D eigenvalue weighted by atomic mass is 9.30. The van der Waals surface area contributed by atoms with Crippen molar-refractivity contribution in [2.45, 2.75) is 37.6 Å². The van der Waals surface area contributed by atoms with E-state index in [4.69, 9.17) is 0 Å². The zero-order valence-electron chi connectivity index (χ0n) is 38.7. The van der Waals surface area contributed by atoms with Crippen molar-refractivity contribution in [1.29, 1.82) is 0 Å². The molecule has 1 aliphatic carbocycles. The van der Waals surface area contributed by atoms with E-state index in [1.807, 2.05) is 0 Å². The van der Waals surface area contributed by atoms with Crippen molar-refractivity contribution >= 4 is 79.4 Å². The second-order valence-corrected chi connectivity index (χ2v) is 20.7. The maximum Gasteiger partial charge on any atom is 0.249 e. The van der Waals surface area contributed by atoms with Crippen molar-refractivity contribution in [3.05, 3.63) is 212 Å². The van der Waals surface area contributed by atoms with Gasteiger partial charge in [-0.15, -0.1) is 0 Å². The molecule has 0 amide bonds. The Morgan fingerprint density at radius 2 is 0.786 bits per heavy atom. The van der Waals surface area contributed by atoms with Crippen LogP contribution in [0.1, 0.15) is 37.2 Å². The van der Waals surface area contributed by atoms with Gasteiger partial charge in [0.1, 0.15) is 0 Å². The molecule has 11 aromatic rings. The smallest absolute Gasteiger partial charge is 0.249 e. The van der Waals surface area contributed by atoms with Gasteiger partial charge in [0.2, 0.25) is 13.4 Å². The third kappa shape index (κ3) is 4.63. The first-order valence-corrected chi connectivity index (χ1v) is 25.6. The summed E-state index contributed by atoms with van der Waals surface area (Å²) >= 11 is 0. The Bertz CT molecular complexity index is 4140. The second-order valence-electron chi connectivity index (χ2n) is 20.7. The van der Waals surface area contributed by atoms with Crippen molar-refractivity contribution in [1.82, 2.24) is 4.57 Å². The van der Waals surface area contributed by atoms with Crippen molar-refractivity contribution in [3.63, 3.8) is 0 Å². The number of hydrogen-bond acceptors (Lipinski definition) is 1. The highest BCUT2D eigenvalue weighted by atomic mass is 15.2. The van der Waals surface area contributed by atoms with Crippen molar-refractivity contribution < 1.29 is 0 Å². The van der Waals surface area contributed by atoms with E-state index in [1.54, 1.807) is 5.56 Å². The Hall–Kier alpha value is -8.07. The van der Waals surface area contributed by atoms with Gasteiger partial charge in [-0.3, -0.25) is 0 Å². The first-order valence-electron chi connectivity index (χ1n) is 25.6. The van der Waals surface area contributed by atoms with Crippen LogP contribution >= 0.6 is 0 Å². The van der Waals surface area contributed by atoms with Crippen molar-refractivity contribution in [3.8, 4) is 72.4 Å². The minimum absolute atomic E-state index is 0.0111. The highest BCUT2D eigenvalue weighted by Crippen LogP contribution is 2.55. The lowest BCUT2D eigenvalue weighted by Crippen LogP contribution is -2.61. The molecular formula is C66H44B2N2. The summed E-state index contributed by atoms with van der Waals surface area (Å²) in [5.41, 5.74) is 32.9. The number of rotatable bonds is 0. The Morgan fingerprint density at radius 3 is 1.37 bits per heavy atom. The minimum Gasteiger partial charge on any atom is -0.338 e. The highest BCUT2D eigenvalue weighted by molar-refractivity contribution is 7.03. The summed E-state index contributed by atoms with van der Waals surface area (Å²) in [5, 5.41) is 2.76. The van der Waals surface area contributed by atoms with Crippen LogP contribution in [-0.4, -0.2) is 24.0 Å². The summed E-state index contributed by atoms with van der Waals surface area (Å²) in [6.45, 7) is -0.0394. The molecule has 10 aromatic carbocycles. The average Bonchev–Trinajstić information content (AvgIpc) is 3.99. The molecule has 6 aliphatic rings. The SMILES string of the molecule is c1ccc2c(c1)B1c3c(cccc3N3c4c(c5c6c(c41)c1ccccc1n6-c1cccc4c1B5c1ccccc1-c1ccccc1-c1ccccc1-4)C1CCCCC13)-c1ccccc1-c1ccccc1-2. The fourth-order valence-electron chi connectivity index (χ4n) is 15.3. The molecule has 4 heteroatoms. The van der Waals surface area contributed by atoms with Gasteiger partial charge < -0.3 is 9.47 Å². The van der Waals surface area contributed by atoms with Crippen LogP contribution in [0.3, 0.4) is 0 Å². The van der Waals surface area contributed by atoms with E-state index >= 15 is 0 Å². The normalized spacial score (nSPS) is 16.8. The van der Waals surface area contributed by atoms with Crippen molar-refractivity contribution in [2.75, 3.05) is 4.90 Å². The average molecular weight is 887 g/mol. The van der Waals surface area contributed by atoms with Crippen LogP contribution in [0, 0.1) is 0 Å². The predicted molar refractivity (Wildman–Crippen MR) is 296 cm³/mol. The Balaban J connectivity index is 1.11. The molecule has 0 saturated heterocycles. The molecule has 2 nitrogen and oxygen atoms in total. The van der Waals surface area contributed by atoms with E-state index in [9.17, 15) is 0 Å². The molecule has 17 rings (SSSR count). The van der Waals surface area contributed by atoms with Gasteiger partial charge in [-0.05, 0) is 125 Å². The van der Waals surface area contributed by atoms with Gasteiger partial charge in [-0.1, -0.05) is 212 Å². The number of aromatic nitrogens is 1. The molecule has 0 bridgehead atoms. The largest absolute Gasteiger partial charge is 0.338 e. The molecule has 1 saturated carbocycles. The number of anilines is 2. The van der Waals surface area contributed by atoms with Gasteiger partial charge in [-0.25, -0.2) is 0 Å². The van der Waals surface area contributed by atoms with Crippen LogP contribution in [0.25, 0.3) is 94.3 Å². The number of benzene rings is 10. The number of para-hydroxylation sites is 1. The molecule has 1 fully saturated rings. The predicted octanol–water partition coefficient (Wildman–Crippen LogP) is 12.2. The Labute approximate surface area is 408 Å². The number of fused-ring (bicyclic) bond motifs is 26. The lowest BCUT2D eigenvalue weighted by molar-refractivity contribution is 0.403. The molecule has 0 spiro atoms. The third-order valence-electron chi connectivity index (χ3n) is 17.7. The molecule has 70 heavy (non-hydrogen) atoms. The first-order chi connectivity index (χ1) is 34.8. The summed E-state index contributed by atoms with van der Waals surface area (Å²) in [5.74, 6) is 0.382. The van der Waals surface area contributed by atoms with Gasteiger partial charge in [0, 0.05) is 45.3 Å². The fourth-order valence-corrected chi connectivity index (χ4v) is 15.3. The monoisotopic (exact) mass is 886 g/mol. The summed E-state index contributed by atoms with van der Waals surface area (Å²) in [4.78, 5) is 2.94. The van der Waals surface area contributed by atoms with E-state index in [0.29, 0.717) is 12.0 Å². The van der Waals surface area contributed by atoms with Crippen LogP contribution in [0.4, 0.5) is 11.4 Å². The number of nitrogens with zero attached hydrogens (tertiary/aromatic N) is 2. The first kappa shape index (κ1) is 37.9. The van der Waals surface area contributed by atoms with Gasteiger partial charge in [0.15, 0.2) is 0 Å². The lowest BCUT2D eigenvalue weighted by Gasteiger charge is -2.41. The summed E-state index contributed by atoms with van der Waals surface area (Å²) < 4.78 is 2.75. The maximum absolute atomic E-state index is 2.94. The van der Waals surface area contributed by atoms with Gasteiger partial charge in [0.25, 0.3) is 0 Å². The molecular weight excluding hydrogens is 842 g/mol. The van der Waals surface area contributed by atoms with Crippen LogP contribution in [0.5, 0.6) is 0 Å². The van der Waals surface area contributed by atoms with Gasteiger partial charge >= 0.3 is 0 Å². The molecule has 6 heterocycles. The van der Waals surface area contributed by atoms with E-state index < -0.39 is 0 Å². The molecule has 324 valence electrons. The molecule has 2 unspecified atom stereocenters. The molecule has 2 atom stereocenters. The van der Waals surface area contributed by atoms with E-state index in [1.165, 1.54) is 164 Å². The molecule has 5 aliphatic heterocycles. The Morgan fingerprint density at radius 1 is 0.357 bits per heavy atom. The van der Waals surface area contributed by atoms with Crippen LogP contribution in [-0.2, 0) is 0 Å².